The van der Waals surface area contributed by atoms with E-state index in [1.807, 2.05) is 0 Å². The predicted molar refractivity (Wildman–Crippen MR) is 80.2 cm³/mol. The highest BCUT2D eigenvalue weighted by Gasteiger charge is 2.15. The molecular formula is C15H22N2O4. The maximum absolute atomic E-state index is 11.9. The number of rotatable bonds is 7. The van der Waals surface area contributed by atoms with Crippen molar-refractivity contribution in [2.24, 2.45) is 5.92 Å². The van der Waals surface area contributed by atoms with Gasteiger partial charge in [0.25, 0.3) is 5.91 Å². The quantitative estimate of drug-likeness (QED) is 0.589. The molecular weight excluding hydrogens is 272 g/mol. The van der Waals surface area contributed by atoms with Crippen molar-refractivity contribution in [3.8, 4) is 5.75 Å². The van der Waals surface area contributed by atoms with Gasteiger partial charge >= 0.3 is 5.97 Å². The van der Waals surface area contributed by atoms with Crippen molar-refractivity contribution in [3.05, 3.63) is 23.8 Å². The third kappa shape index (κ3) is 5.72. The second-order valence-electron chi connectivity index (χ2n) is 5.07. The van der Waals surface area contributed by atoms with E-state index in [0.717, 1.165) is 6.42 Å². The largest absolute Gasteiger partial charge is 0.496 e. The Bertz CT molecular complexity index is 500. The number of nitrogens with one attached hydrogen (secondary N) is 1. The van der Waals surface area contributed by atoms with E-state index in [2.05, 4.69) is 19.2 Å². The molecule has 0 saturated carbocycles. The van der Waals surface area contributed by atoms with E-state index in [1.165, 1.54) is 19.2 Å². The molecule has 116 valence electrons. The average Bonchev–Trinajstić information content (AvgIpc) is 2.44. The summed E-state index contributed by atoms with van der Waals surface area (Å²) in [5, 5.41) is 2.69. The highest BCUT2D eigenvalue weighted by Crippen LogP contribution is 2.22. The van der Waals surface area contributed by atoms with Crippen LogP contribution in [0.4, 0.5) is 5.69 Å². The number of esters is 1. The van der Waals surface area contributed by atoms with Crippen LogP contribution in [0.1, 0.15) is 30.6 Å². The zero-order chi connectivity index (χ0) is 15.8. The third-order valence-electron chi connectivity index (χ3n) is 2.82. The molecule has 0 fully saturated rings. The van der Waals surface area contributed by atoms with Crippen LogP contribution in [0.2, 0.25) is 0 Å². The van der Waals surface area contributed by atoms with Gasteiger partial charge < -0.3 is 20.5 Å². The summed E-state index contributed by atoms with van der Waals surface area (Å²) >= 11 is 0. The van der Waals surface area contributed by atoms with E-state index in [1.54, 1.807) is 6.07 Å². The third-order valence-corrected chi connectivity index (χ3v) is 2.82. The second kappa shape index (κ2) is 8.14. The van der Waals surface area contributed by atoms with E-state index in [4.69, 9.17) is 15.2 Å². The Morgan fingerprint density at radius 2 is 2.05 bits per heavy atom. The molecule has 0 aliphatic heterocycles. The molecule has 6 heteroatoms. The Morgan fingerprint density at radius 3 is 2.67 bits per heavy atom. The van der Waals surface area contributed by atoms with Crippen molar-refractivity contribution in [1.82, 2.24) is 5.32 Å². The SMILES string of the molecule is COc1cc(N)ccc1C(=O)OCC(=O)NCCC(C)C. The summed E-state index contributed by atoms with van der Waals surface area (Å²) in [5.41, 5.74) is 6.33. The van der Waals surface area contributed by atoms with Gasteiger partial charge in [-0.15, -0.1) is 0 Å². The molecule has 0 radical (unpaired) electrons. The lowest BCUT2D eigenvalue weighted by Crippen LogP contribution is -2.30. The van der Waals surface area contributed by atoms with Crippen molar-refractivity contribution in [2.45, 2.75) is 20.3 Å². The van der Waals surface area contributed by atoms with Crippen LogP contribution in [-0.2, 0) is 9.53 Å². The summed E-state index contributed by atoms with van der Waals surface area (Å²) in [4.78, 5) is 23.4. The Kier molecular flexibility index (Phi) is 6.52. The van der Waals surface area contributed by atoms with Gasteiger partial charge in [0.2, 0.25) is 0 Å². The molecule has 0 unspecified atom stereocenters. The Morgan fingerprint density at radius 1 is 1.33 bits per heavy atom. The van der Waals surface area contributed by atoms with E-state index < -0.39 is 5.97 Å². The monoisotopic (exact) mass is 294 g/mol. The van der Waals surface area contributed by atoms with Gasteiger partial charge in [0.15, 0.2) is 6.61 Å². The molecule has 0 aliphatic carbocycles. The van der Waals surface area contributed by atoms with Crippen LogP contribution in [0.5, 0.6) is 5.75 Å². The van der Waals surface area contributed by atoms with Crippen molar-refractivity contribution < 1.29 is 19.1 Å². The van der Waals surface area contributed by atoms with Crippen LogP contribution in [0.3, 0.4) is 0 Å². The number of hydrogen-bond acceptors (Lipinski definition) is 5. The maximum atomic E-state index is 11.9. The van der Waals surface area contributed by atoms with Crippen LogP contribution < -0.4 is 15.8 Å². The lowest BCUT2D eigenvalue weighted by molar-refractivity contribution is -0.124. The summed E-state index contributed by atoms with van der Waals surface area (Å²) in [6, 6.07) is 4.61. The van der Waals surface area contributed by atoms with Crippen molar-refractivity contribution >= 4 is 17.6 Å². The van der Waals surface area contributed by atoms with Crippen LogP contribution >= 0.6 is 0 Å². The topological polar surface area (TPSA) is 90.7 Å². The van der Waals surface area contributed by atoms with E-state index in [-0.39, 0.29) is 18.1 Å². The summed E-state index contributed by atoms with van der Waals surface area (Å²) in [6.07, 6.45) is 0.880. The Hall–Kier alpha value is -2.24. The van der Waals surface area contributed by atoms with Crippen molar-refractivity contribution in [1.29, 1.82) is 0 Å². The number of nitrogens with two attached hydrogens (primary N) is 1. The fourth-order valence-electron chi connectivity index (χ4n) is 1.64. The summed E-state index contributed by atoms with van der Waals surface area (Å²) in [5.74, 6) is -0.114. The molecule has 21 heavy (non-hydrogen) atoms. The first-order valence-corrected chi connectivity index (χ1v) is 6.81. The molecule has 1 aromatic carbocycles. The minimum absolute atomic E-state index is 0.238. The molecule has 1 rings (SSSR count). The first-order valence-electron chi connectivity index (χ1n) is 6.81. The molecule has 0 heterocycles. The molecule has 0 saturated heterocycles. The zero-order valence-corrected chi connectivity index (χ0v) is 12.6. The molecule has 1 amide bonds. The number of carbonyl (C=O) groups excluding carboxylic acids is 2. The van der Waals surface area contributed by atoms with Crippen LogP contribution in [0.25, 0.3) is 0 Å². The lowest BCUT2D eigenvalue weighted by atomic mass is 10.1. The Labute approximate surface area is 124 Å². The average molecular weight is 294 g/mol. The number of hydrogen-bond donors (Lipinski definition) is 2. The fourth-order valence-corrected chi connectivity index (χ4v) is 1.64. The van der Waals surface area contributed by atoms with Gasteiger partial charge in [0.1, 0.15) is 11.3 Å². The lowest BCUT2D eigenvalue weighted by Gasteiger charge is -2.10. The highest BCUT2D eigenvalue weighted by molar-refractivity contribution is 5.94. The predicted octanol–water partition coefficient (Wildman–Crippen LogP) is 1.60. The minimum atomic E-state index is -0.620. The van der Waals surface area contributed by atoms with E-state index >= 15 is 0 Å². The number of carbonyl (C=O) groups is 2. The second-order valence-corrected chi connectivity index (χ2v) is 5.07. The molecule has 3 N–H and O–H groups in total. The summed E-state index contributed by atoms with van der Waals surface area (Å²) in [6.45, 7) is 4.39. The van der Waals surface area contributed by atoms with Gasteiger partial charge in [-0.2, -0.15) is 0 Å². The fraction of sp³-hybridized carbons (Fsp3) is 0.467. The zero-order valence-electron chi connectivity index (χ0n) is 12.6. The number of anilines is 1. The highest BCUT2D eigenvalue weighted by atomic mass is 16.5. The van der Waals surface area contributed by atoms with Gasteiger partial charge in [-0.05, 0) is 24.5 Å². The van der Waals surface area contributed by atoms with Crippen LogP contribution in [0.15, 0.2) is 18.2 Å². The number of ether oxygens (including phenoxy) is 2. The van der Waals surface area contributed by atoms with Crippen LogP contribution in [0, 0.1) is 5.92 Å². The van der Waals surface area contributed by atoms with E-state index in [9.17, 15) is 9.59 Å². The number of benzene rings is 1. The molecule has 0 aromatic heterocycles. The van der Waals surface area contributed by atoms with Gasteiger partial charge in [-0.3, -0.25) is 4.79 Å². The summed E-state index contributed by atoms with van der Waals surface area (Å²) in [7, 11) is 1.43. The number of nitrogen functional groups attached to an aromatic ring is 1. The smallest absolute Gasteiger partial charge is 0.342 e. The van der Waals surface area contributed by atoms with Crippen LogP contribution in [-0.4, -0.2) is 32.1 Å². The molecule has 0 aliphatic rings. The summed E-state index contributed by atoms with van der Waals surface area (Å²) < 4.78 is 10.0. The van der Waals surface area contributed by atoms with Gasteiger partial charge in [0, 0.05) is 18.3 Å². The number of amides is 1. The van der Waals surface area contributed by atoms with Crippen molar-refractivity contribution in [2.75, 3.05) is 26.0 Å². The Balaban J connectivity index is 2.48. The van der Waals surface area contributed by atoms with E-state index in [0.29, 0.717) is 23.9 Å². The van der Waals surface area contributed by atoms with Gasteiger partial charge in [-0.25, -0.2) is 4.79 Å². The van der Waals surface area contributed by atoms with Gasteiger partial charge in [-0.1, -0.05) is 13.8 Å². The molecule has 6 nitrogen and oxygen atoms in total. The molecule has 1 aromatic rings. The standard InChI is InChI=1S/C15H22N2O4/c1-10(2)6-7-17-14(18)9-21-15(19)12-5-4-11(16)8-13(12)20-3/h4-5,8,10H,6-7,9,16H2,1-3H3,(H,17,18). The molecule has 0 spiro atoms. The number of methoxy groups -OCH3 is 1. The minimum Gasteiger partial charge on any atom is -0.496 e. The van der Waals surface area contributed by atoms with Crippen molar-refractivity contribution in [3.63, 3.8) is 0 Å². The first-order chi connectivity index (χ1) is 9.93. The van der Waals surface area contributed by atoms with Gasteiger partial charge in [0.05, 0.1) is 7.11 Å². The first kappa shape index (κ1) is 16.8. The normalized spacial score (nSPS) is 10.3. The molecule has 0 atom stereocenters. The maximum Gasteiger partial charge on any atom is 0.342 e. The molecule has 0 bridgehead atoms.